The molecule has 0 saturated carbocycles. The van der Waals surface area contributed by atoms with Crippen molar-refractivity contribution < 1.29 is 23.1 Å². The minimum absolute atomic E-state index is 0.155. The molecule has 0 radical (unpaired) electrons. The van der Waals surface area contributed by atoms with Crippen LogP contribution in [0.4, 0.5) is 14.5 Å². The Morgan fingerprint density at radius 2 is 1.62 bits per heavy atom. The molecule has 1 aliphatic rings. The van der Waals surface area contributed by atoms with Crippen LogP contribution in [0.15, 0.2) is 77.7 Å². The molecule has 162 valence electrons. The largest absolute Gasteiger partial charge is 0.494 e. The summed E-state index contributed by atoms with van der Waals surface area (Å²) < 4.78 is 33.7. The molecule has 0 saturated heterocycles. The zero-order chi connectivity index (χ0) is 22.7. The van der Waals surface area contributed by atoms with Crippen LogP contribution < -0.4 is 9.64 Å². The van der Waals surface area contributed by atoms with Gasteiger partial charge < -0.3 is 4.74 Å². The van der Waals surface area contributed by atoms with Crippen LogP contribution in [0.2, 0.25) is 0 Å². The Hall–Kier alpha value is -3.45. The van der Waals surface area contributed by atoms with E-state index in [2.05, 4.69) is 0 Å². The van der Waals surface area contributed by atoms with Crippen molar-refractivity contribution in [3.8, 4) is 5.75 Å². The quantitative estimate of drug-likeness (QED) is 0.440. The number of benzene rings is 3. The van der Waals surface area contributed by atoms with E-state index in [0.29, 0.717) is 28.6 Å². The van der Waals surface area contributed by atoms with Gasteiger partial charge in [-0.2, -0.15) is 0 Å². The number of carbonyl (C=O) groups excluding carboxylic acids is 2. The van der Waals surface area contributed by atoms with Crippen molar-refractivity contribution in [1.82, 2.24) is 0 Å². The van der Waals surface area contributed by atoms with Crippen molar-refractivity contribution in [3.05, 3.63) is 100 Å². The number of amides is 2. The number of carbonyl (C=O) groups is 2. The van der Waals surface area contributed by atoms with Gasteiger partial charge in [0, 0.05) is 11.8 Å². The van der Waals surface area contributed by atoms with E-state index in [1.54, 1.807) is 24.3 Å². The molecule has 4 nitrogen and oxygen atoms in total. The maximum atomic E-state index is 14.5. The first-order valence-electron chi connectivity index (χ1n) is 9.97. The highest BCUT2D eigenvalue weighted by Gasteiger charge is 2.41. The maximum Gasteiger partial charge on any atom is 0.272 e. The Kier molecular flexibility index (Phi) is 6.37. The molecule has 0 aromatic heterocycles. The number of anilines is 1. The van der Waals surface area contributed by atoms with Gasteiger partial charge in [-0.05, 0) is 42.3 Å². The molecule has 7 heteroatoms. The average Bonchev–Trinajstić information content (AvgIpc) is 3.05. The van der Waals surface area contributed by atoms with Gasteiger partial charge in [0.2, 0.25) is 0 Å². The lowest BCUT2D eigenvalue weighted by Gasteiger charge is -2.16. The van der Waals surface area contributed by atoms with Gasteiger partial charge >= 0.3 is 0 Å². The molecule has 0 fully saturated rings. The molecule has 32 heavy (non-hydrogen) atoms. The third-order valence-electron chi connectivity index (χ3n) is 4.87. The van der Waals surface area contributed by atoms with Crippen molar-refractivity contribution in [3.63, 3.8) is 0 Å². The Morgan fingerprint density at radius 1 is 0.906 bits per heavy atom. The second-order valence-corrected chi connectivity index (χ2v) is 7.96. The smallest absolute Gasteiger partial charge is 0.272 e. The topological polar surface area (TPSA) is 46.6 Å². The highest BCUT2D eigenvalue weighted by Crippen LogP contribution is 2.40. The van der Waals surface area contributed by atoms with Gasteiger partial charge in [-0.1, -0.05) is 42.5 Å². The van der Waals surface area contributed by atoms with Gasteiger partial charge in [0.05, 0.1) is 22.8 Å². The van der Waals surface area contributed by atoms with Crippen molar-refractivity contribution >= 4 is 34.8 Å². The summed E-state index contributed by atoms with van der Waals surface area (Å²) in [5.41, 5.74) is 1.22. The Bertz CT molecular complexity index is 1190. The predicted molar refractivity (Wildman–Crippen MR) is 121 cm³/mol. The Labute approximate surface area is 188 Å². The monoisotopic (exact) mass is 451 g/mol. The van der Waals surface area contributed by atoms with E-state index in [-0.39, 0.29) is 10.5 Å². The first kappa shape index (κ1) is 21.8. The molecule has 0 spiro atoms. The standard InChI is InChI=1S/C25H19F2NO3S/c1-2-31-19-11-8-17(9-12-19)22-23(32-15-16-6-4-3-5-7-16)25(30)28(24(22)29)21-14-18(26)10-13-20(21)27/h3-14H,2,15H2,1H3. The molecule has 0 atom stereocenters. The van der Waals surface area contributed by atoms with Crippen LogP contribution in [0.25, 0.3) is 5.57 Å². The summed E-state index contributed by atoms with van der Waals surface area (Å²) in [4.78, 5) is 27.5. The minimum atomic E-state index is -0.853. The molecular formula is C25H19F2NO3S. The first-order valence-corrected chi connectivity index (χ1v) is 11.0. The molecule has 3 aromatic rings. The molecule has 0 aliphatic carbocycles. The highest BCUT2D eigenvalue weighted by molar-refractivity contribution is 8.03. The molecule has 1 aliphatic heterocycles. The normalized spacial score (nSPS) is 13.8. The first-order chi connectivity index (χ1) is 15.5. The average molecular weight is 451 g/mol. The van der Waals surface area contributed by atoms with E-state index in [4.69, 9.17) is 4.74 Å². The molecule has 0 N–H and O–H groups in total. The van der Waals surface area contributed by atoms with Gasteiger partial charge in [-0.25, -0.2) is 13.7 Å². The summed E-state index contributed by atoms with van der Waals surface area (Å²) in [6, 6.07) is 18.9. The van der Waals surface area contributed by atoms with Gasteiger partial charge in [0.1, 0.15) is 17.4 Å². The number of halogens is 2. The molecule has 0 unspecified atom stereocenters. The summed E-state index contributed by atoms with van der Waals surface area (Å²) >= 11 is 1.19. The number of thioether (sulfide) groups is 1. The summed E-state index contributed by atoms with van der Waals surface area (Å²) in [6.45, 7) is 2.35. The zero-order valence-electron chi connectivity index (χ0n) is 17.2. The third-order valence-corrected chi connectivity index (χ3v) is 6.02. The van der Waals surface area contributed by atoms with E-state index in [1.165, 1.54) is 11.8 Å². The van der Waals surface area contributed by atoms with E-state index >= 15 is 0 Å². The van der Waals surface area contributed by atoms with E-state index < -0.39 is 29.1 Å². The van der Waals surface area contributed by atoms with Crippen LogP contribution >= 0.6 is 11.8 Å². The van der Waals surface area contributed by atoms with Crippen LogP contribution in [0.1, 0.15) is 18.1 Å². The van der Waals surface area contributed by atoms with E-state index in [9.17, 15) is 18.4 Å². The highest BCUT2D eigenvalue weighted by atomic mass is 32.2. The Morgan fingerprint density at radius 3 is 2.31 bits per heavy atom. The van der Waals surface area contributed by atoms with Crippen LogP contribution in [0.5, 0.6) is 5.75 Å². The van der Waals surface area contributed by atoms with Crippen molar-refractivity contribution in [1.29, 1.82) is 0 Å². The van der Waals surface area contributed by atoms with Gasteiger partial charge in [-0.15, -0.1) is 11.8 Å². The lowest BCUT2D eigenvalue weighted by atomic mass is 10.1. The number of imide groups is 1. The fraction of sp³-hybridized carbons (Fsp3) is 0.120. The van der Waals surface area contributed by atoms with Crippen molar-refractivity contribution in [2.24, 2.45) is 0 Å². The molecule has 0 bridgehead atoms. The molecular weight excluding hydrogens is 432 g/mol. The lowest BCUT2D eigenvalue weighted by Crippen LogP contribution is -2.32. The van der Waals surface area contributed by atoms with Crippen molar-refractivity contribution in [2.75, 3.05) is 11.5 Å². The van der Waals surface area contributed by atoms with Gasteiger partial charge in [0.25, 0.3) is 11.8 Å². The maximum absolute atomic E-state index is 14.5. The van der Waals surface area contributed by atoms with Crippen molar-refractivity contribution in [2.45, 2.75) is 12.7 Å². The fourth-order valence-corrected chi connectivity index (χ4v) is 4.46. The fourth-order valence-electron chi connectivity index (χ4n) is 3.39. The molecule has 3 aromatic carbocycles. The summed E-state index contributed by atoms with van der Waals surface area (Å²) in [5.74, 6) is -1.90. The second-order valence-electron chi connectivity index (χ2n) is 6.98. The number of ether oxygens (including phenoxy) is 1. The number of hydrogen-bond donors (Lipinski definition) is 0. The molecule has 4 rings (SSSR count). The van der Waals surface area contributed by atoms with Crippen LogP contribution in [-0.4, -0.2) is 18.4 Å². The van der Waals surface area contributed by atoms with Gasteiger partial charge in [-0.3, -0.25) is 9.59 Å². The Balaban J connectivity index is 1.75. The van der Waals surface area contributed by atoms with Crippen LogP contribution in [-0.2, 0) is 15.3 Å². The van der Waals surface area contributed by atoms with E-state index in [1.807, 2.05) is 37.3 Å². The summed E-state index contributed by atoms with van der Waals surface area (Å²) in [7, 11) is 0. The summed E-state index contributed by atoms with van der Waals surface area (Å²) in [5, 5.41) is 0. The molecule has 2 amide bonds. The SMILES string of the molecule is CCOc1ccc(C2=C(SCc3ccccc3)C(=O)N(c3cc(F)ccc3F)C2=O)cc1. The minimum Gasteiger partial charge on any atom is -0.494 e. The number of hydrogen-bond acceptors (Lipinski definition) is 4. The molecule has 1 heterocycles. The summed E-state index contributed by atoms with van der Waals surface area (Å²) in [6.07, 6.45) is 0. The predicted octanol–water partition coefficient (Wildman–Crippen LogP) is 5.58. The van der Waals surface area contributed by atoms with Crippen LogP contribution in [0, 0.1) is 11.6 Å². The number of rotatable bonds is 7. The third kappa shape index (κ3) is 4.29. The van der Waals surface area contributed by atoms with Crippen LogP contribution in [0.3, 0.4) is 0 Å². The second kappa shape index (κ2) is 9.36. The number of nitrogens with zero attached hydrogens (tertiary/aromatic N) is 1. The van der Waals surface area contributed by atoms with Gasteiger partial charge in [0.15, 0.2) is 0 Å². The van der Waals surface area contributed by atoms with E-state index in [0.717, 1.165) is 23.8 Å². The lowest BCUT2D eigenvalue weighted by molar-refractivity contribution is -0.119. The zero-order valence-corrected chi connectivity index (χ0v) is 18.0.